The van der Waals surface area contributed by atoms with E-state index >= 15 is 0 Å². The minimum Gasteiger partial charge on any atom is -0.417 e. The van der Waals surface area contributed by atoms with Crippen molar-refractivity contribution < 1.29 is 9.09 Å². The Labute approximate surface area is 115 Å². The maximum Gasteiger partial charge on any atom is 0.435 e. The lowest BCUT2D eigenvalue weighted by Gasteiger charge is -2.15. The topological polar surface area (TPSA) is 38.3 Å². The molecule has 2 aromatic carbocycles. The molecule has 3 nitrogen and oxygen atoms in total. The summed E-state index contributed by atoms with van der Waals surface area (Å²) >= 11 is 11.7. The predicted octanol–water partition coefficient (Wildman–Crippen LogP) is 5.18. The molecule has 0 aromatic heterocycles. The van der Waals surface area contributed by atoms with E-state index in [-0.39, 0.29) is 5.75 Å². The maximum atomic E-state index is 12.1. The van der Waals surface area contributed by atoms with E-state index in [1.807, 2.05) is 6.07 Å². The van der Waals surface area contributed by atoms with Crippen LogP contribution in [0.3, 0.4) is 0 Å². The number of hydrogen-bond acceptors (Lipinski definition) is 2. The summed E-state index contributed by atoms with van der Waals surface area (Å²) in [6.07, 6.45) is 0. The van der Waals surface area contributed by atoms with E-state index in [0.717, 1.165) is 0 Å². The Hall–Kier alpha value is -1.15. The van der Waals surface area contributed by atoms with E-state index in [4.69, 9.17) is 27.4 Å². The van der Waals surface area contributed by atoms with Crippen molar-refractivity contribution in [1.29, 1.82) is 0 Å². The van der Waals surface area contributed by atoms with Crippen LogP contribution in [-0.2, 0) is 4.57 Å². The molecule has 0 aliphatic heterocycles. The fraction of sp³-hybridized carbons (Fsp3) is 0. The largest absolute Gasteiger partial charge is 0.435 e. The second-order valence-corrected chi connectivity index (χ2v) is 6.59. The Bertz CT molecular complexity index is 577. The number of rotatable bonds is 4. The second-order valence-electron chi connectivity index (χ2n) is 3.48. The van der Waals surface area contributed by atoms with Gasteiger partial charge in [-0.05, 0) is 24.3 Å². The zero-order valence-corrected chi connectivity index (χ0v) is 11.6. The van der Waals surface area contributed by atoms with Gasteiger partial charge in [0, 0.05) is 16.9 Å². The maximum absolute atomic E-state index is 12.1. The molecule has 0 fully saturated rings. The first-order valence-corrected chi connectivity index (χ1v) is 8.05. The Morgan fingerprint density at radius 3 is 2.28 bits per heavy atom. The molecular formula is C12H10Cl2NO2P. The lowest BCUT2D eigenvalue weighted by Crippen LogP contribution is -1.98. The smallest absolute Gasteiger partial charge is 0.417 e. The molecule has 1 atom stereocenters. The van der Waals surface area contributed by atoms with Crippen LogP contribution in [0, 0.1) is 0 Å². The van der Waals surface area contributed by atoms with E-state index in [2.05, 4.69) is 5.09 Å². The van der Waals surface area contributed by atoms with E-state index < -0.39 is 6.87 Å². The van der Waals surface area contributed by atoms with Gasteiger partial charge in [0.15, 0.2) is 0 Å². The number of halogens is 2. The highest BCUT2D eigenvalue weighted by Gasteiger charge is 2.22. The van der Waals surface area contributed by atoms with Gasteiger partial charge in [-0.25, -0.2) is 4.57 Å². The van der Waals surface area contributed by atoms with Crippen LogP contribution in [0.5, 0.6) is 5.75 Å². The summed E-state index contributed by atoms with van der Waals surface area (Å²) in [6, 6.07) is 15.6. The third kappa shape index (κ3) is 3.67. The number of para-hydroxylation sites is 2. The van der Waals surface area contributed by atoms with Crippen molar-refractivity contribution in [3.8, 4) is 5.75 Å². The molecular weight excluding hydrogens is 292 g/mol. The monoisotopic (exact) mass is 301 g/mol. The molecule has 2 aromatic rings. The molecule has 0 aliphatic carbocycles. The van der Waals surface area contributed by atoms with Crippen LogP contribution in [-0.4, -0.2) is 0 Å². The average Bonchev–Trinajstić information content (AvgIpc) is 2.32. The molecule has 0 spiro atoms. The second kappa shape index (κ2) is 5.66. The summed E-state index contributed by atoms with van der Waals surface area (Å²) in [6.45, 7) is -3.53. The average molecular weight is 302 g/mol. The Morgan fingerprint density at radius 1 is 1.00 bits per heavy atom. The van der Waals surface area contributed by atoms with Gasteiger partial charge in [0.2, 0.25) is 0 Å². The molecule has 0 heterocycles. The van der Waals surface area contributed by atoms with Crippen LogP contribution >= 0.6 is 29.7 Å². The van der Waals surface area contributed by atoms with Crippen molar-refractivity contribution in [2.24, 2.45) is 0 Å². The molecule has 2 rings (SSSR count). The first kappa shape index (κ1) is 13.3. The minimum absolute atomic E-state index is 0.279. The molecule has 0 amide bonds. The van der Waals surface area contributed by atoms with Crippen molar-refractivity contribution >= 4 is 35.4 Å². The van der Waals surface area contributed by atoms with Crippen LogP contribution in [0.4, 0.5) is 5.69 Å². The van der Waals surface area contributed by atoms with Gasteiger partial charge >= 0.3 is 6.87 Å². The third-order valence-corrected chi connectivity index (χ3v) is 3.82. The summed E-state index contributed by atoms with van der Waals surface area (Å²) in [5.41, 5.74) is 0.614. The van der Waals surface area contributed by atoms with Crippen molar-refractivity contribution in [3.63, 3.8) is 0 Å². The quantitative estimate of drug-likeness (QED) is 0.791. The molecule has 18 heavy (non-hydrogen) atoms. The van der Waals surface area contributed by atoms with Crippen LogP contribution in [0.25, 0.3) is 0 Å². The summed E-state index contributed by atoms with van der Waals surface area (Å²) in [5.74, 6) is 0.279. The highest BCUT2D eigenvalue weighted by molar-refractivity contribution is 7.86. The van der Waals surface area contributed by atoms with Crippen LogP contribution < -0.4 is 9.61 Å². The highest BCUT2D eigenvalue weighted by Crippen LogP contribution is 2.52. The molecule has 0 saturated carbocycles. The molecule has 1 N–H and O–H groups in total. The van der Waals surface area contributed by atoms with E-state index in [1.54, 1.807) is 48.5 Å². The number of benzene rings is 2. The third-order valence-electron chi connectivity index (χ3n) is 2.09. The predicted molar refractivity (Wildman–Crippen MR) is 75.6 cm³/mol. The zero-order valence-electron chi connectivity index (χ0n) is 9.22. The summed E-state index contributed by atoms with van der Waals surface area (Å²) < 4.78 is 17.3. The summed E-state index contributed by atoms with van der Waals surface area (Å²) in [4.78, 5) is 0. The lowest BCUT2D eigenvalue weighted by molar-refractivity contribution is 0.503. The van der Waals surface area contributed by atoms with Crippen molar-refractivity contribution in [2.75, 3.05) is 5.09 Å². The standard InChI is InChI=1S/C12H10Cl2NO2P/c13-11-8-4-5-9-12(11)17-18(14,16)15-10-6-2-1-3-7-10/h1-9H,(H,15,16)/t18-/m1/s1. The first-order chi connectivity index (χ1) is 8.57. The zero-order chi connectivity index (χ0) is 13.0. The highest BCUT2D eigenvalue weighted by atomic mass is 35.7. The number of hydrogen-bond donors (Lipinski definition) is 1. The molecule has 0 saturated heterocycles. The molecule has 0 aliphatic rings. The van der Waals surface area contributed by atoms with Crippen LogP contribution in [0.1, 0.15) is 0 Å². The van der Waals surface area contributed by atoms with Gasteiger partial charge in [-0.3, -0.25) is 5.09 Å². The van der Waals surface area contributed by atoms with Gasteiger partial charge in [-0.15, -0.1) is 0 Å². The van der Waals surface area contributed by atoms with E-state index in [9.17, 15) is 4.57 Å². The van der Waals surface area contributed by atoms with Gasteiger partial charge in [-0.2, -0.15) is 0 Å². The van der Waals surface area contributed by atoms with Crippen molar-refractivity contribution in [2.45, 2.75) is 0 Å². The fourth-order valence-corrected chi connectivity index (χ4v) is 2.99. The summed E-state index contributed by atoms with van der Waals surface area (Å²) in [7, 11) is 0. The van der Waals surface area contributed by atoms with Crippen molar-refractivity contribution in [1.82, 2.24) is 0 Å². The normalized spacial score (nSPS) is 13.7. The first-order valence-electron chi connectivity index (χ1n) is 5.14. The Morgan fingerprint density at radius 2 is 1.61 bits per heavy atom. The van der Waals surface area contributed by atoms with Crippen molar-refractivity contribution in [3.05, 3.63) is 59.6 Å². The van der Waals surface area contributed by atoms with Gasteiger partial charge < -0.3 is 4.52 Å². The number of nitrogens with one attached hydrogen (secondary N) is 1. The Balaban J connectivity index is 2.13. The number of anilines is 1. The van der Waals surface area contributed by atoms with Gasteiger partial charge in [-0.1, -0.05) is 41.9 Å². The minimum atomic E-state index is -3.53. The van der Waals surface area contributed by atoms with E-state index in [1.165, 1.54) is 0 Å². The molecule has 0 radical (unpaired) electrons. The van der Waals surface area contributed by atoms with E-state index in [0.29, 0.717) is 10.7 Å². The summed E-state index contributed by atoms with van der Waals surface area (Å²) in [5, 5.41) is 2.99. The SMILES string of the molecule is O=[P@@](Cl)(Nc1ccccc1)Oc1ccccc1Cl. The molecule has 94 valence electrons. The lowest BCUT2D eigenvalue weighted by atomic mass is 10.3. The Kier molecular flexibility index (Phi) is 4.18. The molecule has 0 unspecified atom stereocenters. The van der Waals surface area contributed by atoms with Crippen LogP contribution in [0.2, 0.25) is 5.02 Å². The van der Waals surface area contributed by atoms with Gasteiger partial charge in [0.25, 0.3) is 0 Å². The van der Waals surface area contributed by atoms with Crippen LogP contribution in [0.15, 0.2) is 54.6 Å². The molecule has 0 bridgehead atoms. The van der Waals surface area contributed by atoms with Gasteiger partial charge in [0.05, 0.1) is 5.02 Å². The van der Waals surface area contributed by atoms with Gasteiger partial charge in [0.1, 0.15) is 5.75 Å². The fourth-order valence-electron chi connectivity index (χ4n) is 1.33. The molecule has 6 heteroatoms.